The zero-order valence-electron chi connectivity index (χ0n) is 20.9. The van der Waals surface area contributed by atoms with Crippen LogP contribution in [0.4, 0.5) is 5.69 Å². The molecule has 0 saturated carbocycles. The number of nitrogens with zero attached hydrogens (tertiary/aromatic N) is 2. The predicted molar refractivity (Wildman–Crippen MR) is 134 cm³/mol. The van der Waals surface area contributed by atoms with Crippen LogP contribution < -0.4 is 10.2 Å². The van der Waals surface area contributed by atoms with Crippen molar-refractivity contribution in [1.82, 2.24) is 9.62 Å². The molecule has 2 amide bonds. The molecule has 1 saturated heterocycles. The molecule has 7 nitrogen and oxygen atoms in total. The maximum atomic E-state index is 13.5. The van der Waals surface area contributed by atoms with Gasteiger partial charge in [0.15, 0.2) is 0 Å². The summed E-state index contributed by atoms with van der Waals surface area (Å²) in [6.07, 6.45) is 0.782. The summed E-state index contributed by atoms with van der Waals surface area (Å²) in [7, 11) is -3.97. The number of sulfonamides is 1. The average Bonchev–Trinajstić information content (AvgIpc) is 2.74. The fraction of sp³-hybridized carbons (Fsp3) is 0.462. The fourth-order valence-corrected chi connectivity index (χ4v) is 5.77. The topological polar surface area (TPSA) is 86.8 Å². The molecule has 8 heteroatoms. The van der Waals surface area contributed by atoms with Crippen LogP contribution in [0.2, 0.25) is 0 Å². The Kier molecular flexibility index (Phi) is 7.53. The van der Waals surface area contributed by atoms with Crippen LogP contribution >= 0.6 is 0 Å². The van der Waals surface area contributed by atoms with Crippen LogP contribution in [0.15, 0.2) is 47.4 Å². The number of anilines is 1. The Morgan fingerprint density at radius 3 is 2.26 bits per heavy atom. The van der Waals surface area contributed by atoms with Gasteiger partial charge < -0.3 is 5.32 Å². The molecule has 3 rings (SSSR count). The van der Waals surface area contributed by atoms with E-state index in [0.29, 0.717) is 18.2 Å². The van der Waals surface area contributed by atoms with Gasteiger partial charge in [-0.15, -0.1) is 0 Å². The summed E-state index contributed by atoms with van der Waals surface area (Å²) >= 11 is 0. The summed E-state index contributed by atoms with van der Waals surface area (Å²) in [5.74, 6) is -0.407. The molecule has 1 N–H and O–H groups in total. The van der Waals surface area contributed by atoms with Gasteiger partial charge in [0.25, 0.3) is 0 Å². The largest absolute Gasteiger partial charge is 0.354 e. The van der Waals surface area contributed by atoms with Crippen molar-refractivity contribution in [3.8, 4) is 0 Å². The lowest BCUT2D eigenvalue weighted by atomic mass is 9.93. The molecule has 34 heavy (non-hydrogen) atoms. The van der Waals surface area contributed by atoms with Gasteiger partial charge in [-0.05, 0) is 63.8 Å². The number of aryl methyl sites for hydroxylation is 3. The van der Waals surface area contributed by atoms with Crippen LogP contribution in [0.25, 0.3) is 0 Å². The molecule has 1 unspecified atom stereocenters. The molecule has 1 aliphatic rings. The number of hydrogen-bond donors (Lipinski definition) is 1. The van der Waals surface area contributed by atoms with E-state index in [1.165, 1.54) is 17.0 Å². The first kappa shape index (κ1) is 25.9. The molecule has 184 valence electrons. The molecule has 0 radical (unpaired) electrons. The van der Waals surface area contributed by atoms with E-state index in [4.69, 9.17) is 0 Å². The van der Waals surface area contributed by atoms with Crippen LogP contribution in [0.5, 0.6) is 0 Å². The molecule has 2 aromatic carbocycles. The van der Waals surface area contributed by atoms with E-state index in [1.54, 1.807) is 19.1 Å². The van der Waals surface area contributed by atoms with Crippen molar-refractivity contribution in [3.63, 3.8) is 0 Å². The molecule has 0 bridgehead atoms. The zero-order chi connectivity index (χ0) is 25.3. The van der Waals surface area contributed by atoms with Gasteiger partial charge in [0.2, 0.25) is 21.8 Å². The first-order valence-electron chi connectivity index (χ1n) is 11.6. The van der Waals surface area contributed by atoms with Gasteiger partial charge in [-0.1, -0.05) is 49.2 Å². The van der Waals surface area contributed by atoms with E-state index in [2.05, 4.69) is 19.2 Å². The predicted octanol–water partition coefficient (Wildman–Crippen LogP) is 3.57. The first-order chi connectivity index (χ1) is 15.9. The van der Waals surface area contributed by atoms with Crippen molar-refractivity contribution in [2.75, 3.05) is 24.5 Å². The number of piperazine rings is 1. The Morgan fingerprint density at radius 2 is 1.68 bits per heavy atom. The lowest BCUT2D eigenvalue weighted by molar-refractivity contribution is -0.132. The van der Waals surface area contributed by atoms with Gasteiger partial charge >= 0.3 is 0 Å². The summed E-state index contributed by atoms with van der Waals surface area (Å²) < 4.78 is 28.0. The van der Waals surface area contributed by atoms with Crippen molar-refractivity contribution in [3.05, 3.63) is 59.2 Å². The second-order valence-electron chi connectivity index (χ2n) is 9.82. The lowest BCUT2D eigenvalue weighted by Gasteiger charge is -2.47. The summed E-state index contributed by atoms with van der Waals surface area (Å²) in [6, 6.07) is 12.2. The molecule has 1 atom stereocenters. The van der Waals surface area contributed by atoms with Gasteiger partial charge in [-0.2, -0.15) is 4.31 Å². The third-order valence-electron chi connectivity index (χ3n) is 6.29. The Morgan fingerprint density at radius 1 is 1.06 bits per heavy atom. The highest BCUT2D eigenvalue weighted by molar-refractivity contribution is 7.89. The maximum absolute atomic E-state index is 13.5. The average molecular weight is 486 g/mol. The fourth-order valence-electron chi connectivity index (χ4n) is 4.29. The van der Waals surface area contributed by atoms with Crippen LogP contribution in [0.1, 0.15) is 43.9 Å². The van der Waals surface area contributed by atoms with E-state index in [-0.39, 0.29) is 23.9 Å². The Balaban J connectivity index is 2.04. The molecular formula is C26H35N3O4S. The van der Waals surface area contributed by atoms with Gasteiger partial charge in [0.1, 0.15) is 5.54 Å². The molecule has 1 aliphatic heterocycles. The van der Waals surface area contributed by atoms with E-state index >= 15 is 0 Å². The van der Waals surface area contributed by atoms with E-state index in [1.807, 2.05) is 39.0 Å². The van der Waals surface area contributed by atoms with E-state index in [0.717, 1.165) is 27.4 Å². The smallest absolute Gasteiger partial charge is 0.247 e. The van der Waals surface area contributed by atoms with Crippen LogP contribution in [0, 0.1) is 26.7 Å². The van der Waals surface area contributed by atoms with Crippen LogP contribution in [-0.4, -0.2) is 49.7 Å². The molecule has 0 spiro atoms. The van der Waals surface area contributed by atoms with E-state index in [9.17, 15) is 18.0 Å². The minimum Gasteiger partial charge on any atom is -0.354 e. The summed E-state index contributed by atoms with van der Waals surface area (Å²) in [6.45, 7) is 11.5. The van der Waals surface area contributed by atoms with Gasteiger partial charge in [0, 0.05) is 18.8 Å². The number of carbonyl (C=O) groups is 2. The third kappa shape index (κ3) is 5.18. The highest BCUT2D eigenvalue weighted by atomic mass is 32.2. The highest BCUT2D eigenvalue weighted by Crippen LogP contribution is 2.34. The normalized spacial score (nSPS) is 19.5. The first-order valence-corrected chi connectivity index (χ1v) is 13.1. The number of hydrogen-bond acceptors (Lipinski definition) is 4. The molecule has 0 aromatic heterocycles. The highest BCUT2D eigenvalue weighted by Gasteiger charge is 2.51. The molecular weight excluding hydrogens is 450 g/mol. The lowest BCUT2D eigenvalue weighted by Crippen LogP contribution is -2.70. The SMILES string of the molecule is Cc1ccc(S(=O)(=O)N2CC(=O)N(c3ccc(C)cc3C)C(C)(C(=O)NCCC(C)C)C2)cc1. The van der Waals surface area contributed by atoms with Gasteiger partial charge in [-0.3, -0.25) is 14.5 Å². The van der Waals surface area contributed by atoms with Crippen LogP contribution in [0.3, 0.4) is 0 Å². The van der Waals surface area contributed by atoms with Gasteiger partial charge in [0.05, 0.1) is 11.4 Å². The zero-order valence-corrected chi connectivity index (χ0v) is 21.7. The number of amides is 2. The van der Waals surface area contributed by atoms with Crippen molar-refractivity contribution in [2.24, 2.45) is 5.92 Å². The minimum atomic E-state index is -3.97. The molecule has 1 fully saturated rings. The number of rotatable bonds is 7. The monoisotopic (exact) mass is 485 g/mol. The Hall–Kier alpha value is -2.71. The summed E-state index contributed by atoms with van der Waals surface area (Å²) in [5, 5.41) is 2.94. The minimum absolute atomic E-state index is 0.105. The van der Waals surface area contributed by atoms with Crippen molar-refractivity contribution >= 4 is 27.5 Å². The van der Waals surface area contributed by atoms with Gasteiger partial charge in [-0.25, -0.2) is 8.42 Å². The van der Waals surface area contributed by atoms with E-state index < -0.39 is 21.5 Å². The number of benzene rings is 2. The third-order valence-corrected chi connectivity index (χ3v) is 8.09. The van der Waals surface area contributed by atoms with Crippen molar-refractivity contribution in [2.45, 2.75) is 58.4 Å². The summed E-state index contributed by atoms with van der Waals surface area (Å²) in [5.41, 5.74) is 2.03. The number of nitrogens with one attached hydrogen (secondary N) is 1. The Labute approximate surface area is 203 Å². The second kappa shape index (κ2) is 9.88. The standard InChI is InChI=1S/C26H35N3O4S/c1-18(2)13-14-27-25(31)26(6)17-28(34(32,33)22-10-7-19(3)8-11-22)16-24(30)29(26)23-12-9-20(4)15-21(23)5/h7-12,15,18H,13-14,16-17H2,1-6H3,(H,27,31). The van der Waals surface area contributed by atoms with Crippen LogP contribution in [-0.2, 0) is 19.6 Å². The Bertz CT molecular complexity index is 1180. The summed E-state index contributed by atoms with van der Waals surface area (Å²) in [4.78, 5) is 28.6. The number of carbonyl (C=O) groups excluding carboxylic acids is 2. The quantitative estimate of drug-likeness (QED) is 0.650. The van der Waals surface area contributed by atoms with Crippen molar-refractivity contribution < 1.29 is 18.0 Å². The molecule has 0 aliphatic carbocycles. The van der Waals surface area contributed by atoms with Crippen molar-refractivity contribution in [1.29, 1.82) is 0 Å². The maximum Gasteiger partial charge on any atom is 0.247 e. The molecule has 2 aromatic rings. The molecule has 1 heterocycles. The second-order valence-corrected chi connectivity index (χ2v) is 11.8.